The Hall–Kier alpha value is -5.09. The zero-order chi connectivity index (χ0) is 25.9. The number of fused-ring (bicyclic) bond motifs is 1. The van der Waals surface area contributed by atoms with E-state index in [0.717, 1.165) is 11.3 Å². The predicted octanol–water partition coefficient (Wildman–Crippen LogP) is 6.07. The van der Waals surface area contributed by atoms with Gasteiger partial charge in [-0.1, -0.05) is 30.3 Å². The third kappa shape index (κ3) is 4.80. The molecule has 4 aromatic heterocycles. The Balaban J connectivity index is 1.17. The van der Waals surface area contributed by atoms with Crippen LogP contribution in [-0.2, 0) is 9.53 Å². The number of hydrogen-bond acceptors (Lipinski definition) is 9. The highest BCUT2D eigenvalue weighted by Crippen LogP contribution is 2.32. The minimum atomic E-state index is -0.664. The minimum Gasteiger partial charge on any atom is -0.463 e. The number of furan rings is 2. The van der Waals surface area contributed by atoms with E-state index in [0.29, 0.717) is 39.1 Å². The second kappa shape index (κ2) is 10.1. The molecule has 1 N–H and O–H groups in total. The van der Waals surface area contributed by atoms with Crippen LogP contribution in [0.25, 0.3) is 45.2 Å². The summed E-state index contributed by atoms with van der Waals surface area (Å²) in [6, 6.07) is 21.5. The summed E-state index contributed by atoms with van der Waals surface area (Å²) in [6.45, 7) is -0.460. The lowest BCUT2D eigenvalue weighted by Crippen LogP contribution is -2.20. The highest BCUT2D eigenvalue weighted by molar-refractivity contribution is 7.14. The number of hydrogen-bond donors (Lipinski definition) is 1. The summed E-state index contributed by atoms with van der Waals surface area (Å²) >= 11 is 1.29. The molecule has 0 bridgehead atoms. The second-order valence-electron chi connectivity index (χ2n) is 8.11. The van der Waals surface area contributed by atoms with Gasteiger partial charge in [0, 0.05) is 10.9 Å². The maximum atomic E-state index is 12.7. The van der Waals surface area contributed by atoms with Gasteiger partial charge in [0.15, 0.2) is 23.3 Å². The Morgan fingerprint density at radius 2 is 1.53 bits per heavy atom. The van der Waals surface area contributed by atoms with E-state index in [1.165, 1.54) is 11.3 Å². The van der Waals surface area contributed by atoms with Crippen LogP contribution in [0.2, 0.25) is 0 Å². The quantitative estimate of drug-likeness (QED) is 0.251. The molecular formula is C28H18N4O5S. The van der Waals surface area contributed by atoms with Crippen LogP contribution in [0.3, 0.4) is 0 Å². The summed E-state index contributed by atoms with van der Waals surface area (Å²) in [6.07, 6.45) is 3.10. The molecule has 1 amide bonds. The molecule has 0 unspecified atom stereocenters. The Morgan fingerprint density at radius 3 is 2.21 bits per heavy atom. The Kier molecular flexibility index (Phi) is 6.20. The number of amides is 1. The first-order chi connectivity index (χ1) is 18.6. The van der Waals surface area contributed by atoms with E-state index in [1.54, 1.807) is 55.0 Å². The van der Waals surface area contributed by atoms with E-state index in [-0.39, 0.29) is 5.56 Å². The molecule has 0 fully saturated rings. The van der Waals surface area contributed by atoms with Crippen LogP contribution in [0.5, 0.6) is 0 Å². The molecule has 38 heavy (non-hydrogen) atoms. The molecular weight excluding hydrogens is 504 g/mol. The number of carbonyl (C=O) groups is 2. The SMILES string of the molecule is O=C(COC(=O)c1ccc2nc(-c3ccco3)c(-c3ccco3)nc2c1)Nc1nc(-c2ccccc2)cs1. The predicted molar refractivity (Wildman–Crippen MR) is 141 cm³/mol. The van der Waals surface area contributed by atoms with Gasteiger partial charge in [0.05, 0.1) is 34.8 Å². The van der Waals surface area contributed by atoms with Gasteiger partial charge in [-0.2, -0.15) is 0 Å². The zero-order valence-electron chi connectivity index (χ0n) is 19.7. The zero-order valence-corrected chi connectivity index (χ0v) is 20.5. The van der Waals surface area contributed by atoms with E-state index >= 15 is 0 Å². The number of benzene rings is 2. The first-order valence-corrected chi connectivity index (χ1v) is 12.4. The summed E-state index contributed by atoms with van der Waals surface area (Å²) in [5.74, 6) is -0.108. The maximum Gasteiger partial charge on any atom is 0.338 e. The number of nitrogens with one attached hydrogen (secondary N) is 1. The molecule has 9 nitrogen and oxygen atoms in total. The number of anilines is 1. The molecule has 6 aromatic rings. The van der Waals surface area contributed by atoms with E-state index in [1.807, 2.05) is 35.7 Å². The van der Waals surface area contributed by atoms with Gasteiger partial charge in [-0.05, 0) is 42.5 Å². The van der Waals surface area contributed by atoms with Crippen molar-refractivity contribution in [1.82, 2.24) is 15.0 Å². The Morgan fingerprint density at radius 1 is 0.816 bits per heavy atom. The molecule has 2 aromatic carbocycles. The van der Waals surface area contributed by atoms with Crippen LogP contribution in [0.1, 0.15) is 10.4 Å². The van der Waals surface area contributed by atoms with E-state index in [4.69, 9.17) is 13.6 Å². The second-order valence-corrected chi connectivity index (χ2v) is 8.97. The number of aromatic nitrogens is 3. The van der Waals surface area contributed by atoms with Gasteiger partial charge >= 0.3 is 5.97 Å². The van der Waals surface area contributed by atoms with Gasteiger partial charge < -0.3 is 13.6 Å². The van der Waals surface area contributed by atoms with E-state index in [2.05, 4.69) is 20.3 Å². The van der Waals surface area contributed by atoms with Gasteiger partial charge in [-0.15, -0.1) is 11.3 Å². The van der Waals surface area contributed by atoms with Crippen molar-refractivity contribution >= 4 is 39.4 Å². The summed E-state index contributed by atoms with van der Waals surface area (Å²) < 4.78 is 16.3. The van der Waals surface area contributed by atoms with Crippen LogP contribution in [0.4, 0.5) is 5.13 Å². The van der Waals surface area contributed by atoms with Gasteiger partial charge in [-0.3, -0.25) is 10.1 Å². The maximum absolute atomic E-state index is 12.7. The fourth-order valence-corrected chi connectivity index (χ4v) is 4.53. The van der Waals surface area contributed by atoms with Gasteiger partial charge in [0.1, 0.15) is 11.4 Å². The van der Waals surface area contributed by atoms with Crippen LogP contribution >= 0.6 is 11.3 Å². The Labute approximate surface area is 219 Å². The average molecular weight is 523 g/mol. The topological polar surface area (TPSA) is 120 Å². The van der Waals surface area contributed by atoms with E-state index < -0.39 is 18.5 Å². The molecule has 4 heterocycles. The summed E-state index contributed by atoms with van der Waals surface area (Å²) in [5.41, 5.74) is 3.94. The number of thiazole rings is 1. The molecule has 0 atom stereocenters. The number of esters is 1. The monoisotopic (exact) mass is 522 g/mol. The normalized spacial score (nSPS) is 10.9. The van der Waals surface area contributed by atoms with Crippen molar-refractivity contribution in [1.29, 1.82) is 0 Å². The van der Waals surface area contributed by atoms with Crippen LogP contribution < -0.4 is 5.32 Å². The van der Waals surface area contributed by atoms with Crippen LogP contribution in [-0.4, -0.2) is 33.4 Å². The van der Waals surface area contributed by atoms with Crippen molar-refractivity contribution < 1.29 is 23.2 Å². The van der Waals surface area contributed by atoms with Crippen molar-refractivity contribution in [2.24, 2.45) is 0 Å². The lowest BCUT2D eigenvalue weighted by molar-refractivity contribution is -0.119. The van der Waals surface area contributed by atoms with Crippen LogP contribution in [0, 0.1) is 0 Å². The number of nitrogens with zero attached hydrogens (tertiary/aromatic N) is 3. The lowest BCUT2D eigenvalue weighted by atomic mass is 10.1. The highest BCUT2D eigenvalue weighted by atomic mass is 32.1. The third-order valence-electron chi connectivity index (χ3n) is 5.56. The van der Waals surface area contributed by atoms with Gasteiger partial charge in [0.25, 0.3) is 5.91 Å². The lowest BCUT2D eigenvalue weighted by Gasteiger charge is -2.08. The third-order valence-corrected chi connectivity index (χ3v) is 6.32. The summed E-state index contributed by atoms with van der Waals surface area (Å²) in [4.78, 5) is 38.9. The fraction of sp³-hybridized carbons (Fsp3) is 0.0357. The van der Waals surface area contributed by atoms with Crippen molar-refractivity contribution in [3.63, 3.8) is 0 Å². The smallest absolute Gasteiger partial charge is 0.338 e. The van der Waals surface area contributed by atoms with Crippen molar-refractivity contribution in [2.45, 2.75) is 0 Å². The molecule has 0 aliphatic rings. The molecule has 0 saturated heterocycles. The van der Waals surface area contributed by atoms with Crippen molar-refractivity contribution in [3.8, 4) is 34.2 Å². The minimum absolute atomic E-state index is 0.233. The first-order valence-electron chi connectivity index (χ1n) is 11.5. The highest BCUT2D eigenvalue weighted by Gasteiger charge is 2.19. The number of carbonyl (C=O) groups excluding carboxylic acids is 2. The molecule has 6 rings (SSSR count). The van der Waals surface area contributed by atoms with E-state index in [9.17, 15) is 9.59 Å². The Bertz CT molecular complexity index is 1730. The van der Waals surface area contributed by atoms with Crippen molar-refractivity contribution in [3.05, 3.63) is 96.3 Å². The standard InChI is InChI=1S/C28H18N4O5S/c33-24(32-28-31-21(16-38-28)17-6-2-1-3-7-17)15-37-27(34)18-10-11-19-20(14-18)30-26(23-9-5-13-36-23)25(29-19)22-8-4-12-35-22/h1-14,16H,15H2,(H,31,32,33). The van der Waals surface area contributed by atoms with Crippen LogP contribution in [0.15, 0.2) is 99.5 Å². The number of rotatable bonds is 7. The fourth-order valence-electron chi connectivity index (χ4n) is 3.79. The van der Waals surface area contributed by atoms with Gasteiger partial charge in [0.2, 0.25) is 0 Å². The van der Waals surface area contributed by atoms with Crippen molar-refractivity contribution in [2.75, 3.05) is 11.9 Å². The molecule has 0 saturated carbocycles. The summed E-state index contributed by atoms with van der Waals surface area (Å²) in [5, 5.41) is 4.93. The summed E-state index contributed by atoms with van der Waals surface area (Å²) in [7, 11) is 0. The molecule has 186 valence electrons. The van der Waals surface area contributed by atoms with Gasteiger partial charge in [-0.25, -0.2) is 19.7 Å². The largest absolute Gasteiger partial charge is 0.463 e. The molecule has 0 aliphatic carbocycles. The molecule has 0 spiro atoms. The molecule has 0 radical (unpaired) electrons. The molecule has 0 aliphatic heterocycles. The molecule has 10 heteroatoms. The number of ether oxygens (including phenoxy) is 1. The average Bonchev–Trinajstić information content (AvgIpc) is 3.74. The first kappa shape index (κ1) is 23.3.